The molecule has 1 atom stereocenters. The van der Waals surface area contributed by atoms with Gasteiger partial charge in [-0.05, 0) is 24.7 Å². The highest BCUT2D eigenvalue weighted by Crippen LogP contribution is 2.20. The zero-order valence-corrected chi connectivity index (χ0v) is 12.4. The Hall–Kier alpha value is -1.59. The second-order valence-corrected chi connectivity index (χ2v) is 4.74. The normalized spacial score (nSPS) is 11.8. The summed E-state index contributed by atoms with van der Waals surface area (Å²) in [5.41, 5.74) is 0.817. The smallest absolute Gasteiger partial charge is 0.307 e. The van der Waals surface area contributed by atoms with E-state index in [2.05, 4.69) is 15.4 Å². The molecule has 0 aliphatic carbocycles. The van der Waals surface area contributed by atoms with Crippen LogP contribution in [0.15, 0.2) is 24.3 Å². The first kappa shape index (κ1) is 16.5. The number of methoxy groups -OCH3 is 1. The fourth-order valence-electron chi connectivity index (χ4n) is 1.70. The van der Waals surface area contributed by atoms with E-state index in [4.69, 9.17) is 11.6 Å². The van der Waals surface area contributed by atoms with Crippen molar-refractivity contribution in [2.75, 3.05) is 20.7 Å². The van der Waals surface area contributed by atoms with Crippen molar-refractivity contribution in [2.45, 2.75) is 18.9 Å². The number of carbonyl (C=O) groups excluding carboxylic acids is 2. The summed E-state index contributed by atoms with van der Waals surface area (Å²) in [4.78, 5) is 23.2. The van der Waals surface area contributed by atoms with Crippen LogP contribution in [0.25, 0.3) is 0 Å². The summed E-state index contributed by atoms with van der Waals surface area (Å²) in [7, 11) is 3.10. The molecule has 0 radical (unpaired) electrons. The molecule has 0 bridgehead atoms. The van der Waals surface area contributed by atoms with Gasteiger partial charge in [-0.15, -0.1) is 0 Å². The number of halogens is 1. The van der Waals surface area contributed by atoms with Crippen LogP contribution in [0.2, 0.25) is 5.02 Å². The Balaban J connectivity index is 2.76. The van der Waals surface area contributed by atoms with Crippen molar-refractivity contribution in [1.29, 1.82) is 0 Å². The van der Waals surface area contributed by atoms with Gasteiger partial charge in [0.1, 0.15) is 0 Å². The molecule has 110 valence electrons. The number of benzene rings is 1. The number of amides is 1. The van der Waals surface area contributed by atoms with E-state index in [-0.39, 0.29) is 18.3 Å². The van der Waals surface area contributed by atoms with Gasteiger partial charge in [-0.1, -0.05) is 23.7 Å². The molecule has 0 saturated heterocycles. The van der Waals surface area contributed by atoms with Gasteiger partial charge >= 0.3 is 5.97 Å². The minimum absolute atomic E-state index is 0.0867. The summed E-state index contributed by atoms with van der Waals surface area (Å²) < 4.78 is 4.66. The second-order valence-electron chi connectivity index (χ2n) is 4.31. The average Bonchev–Trinajstić information content (AvgIpc) is 2.45. The third-order valence-corrected chi connectivity index (χ3v) is 3.06. The molecule has 1 aromatic rings. The highest BCUT2D eigenvalue weighted by Gasteiger charge is 2.18. The lowest BCUT2D eigenvalue weighted by atomic mass is 10.0. The summed E-state index contributed by atoms with van der Waals surface area (Å²) in [5, 5.41) is 6.33. The lowest BCUT2D eigenvalue weighted by Gasteiger charge is -2.18. The van der Waals surface area contributed by atoms with Gasteiger partial charge in [0.2, 0.25) is 5.91 Å². The lowest BCUT2D eigenvalue weighted by molar-refractivity contribution is -0.141. The maximum Gasteiger partial charge on any atom is 0.307 e. The van der Waals surface area contributed by atoms with Gasteiger partial charge in [-0.3, -0.25) is 9.59 Å². The molecule has 0 spiro atoms. The summed E-state index contributed by atoms with van der Waals surface area (Å²) in [6.45, 7) is 0.581. The molecule has 0 aliphatic rings. The molecule has 6 heteroatoms. The first-order valence-corrected chi connectivity index (χ1v) is 6.71. The van der Waals surface area contributed by atoms with E-state index in [9.17, 15) is 9.59 Å². The second kappa shape index (κ2) is 8.55. The molecule has 0 aliphatic heterocycles. The Morgan fingerprint density at radius 2 is 1.95 bits per heavy atom. The van der Waals surface area contributed by atoms with Crippen molar-refractivity contribution < 1.29 is 14.3 Å². The number of nitrogens with one attached hydrogen (secondary N) is 2. The van der Waals surface area contributed by atoms with Gasteiger partial charge in [0, 0.05) is 18.0 Å². The van der Waals surface area contributed by atoms with Crippen LogP contribution < -0.4 is 10.6 Å². The molecule has 2 N–H and O–H groups in total. The summed E-state index contributed by atoms with van der Waals surface area (Å²) in [5.74, 6) is -0.498. The zero-order chi connectivity index (χ0) is 15.0. The highest BCUT2D eigenvalue weighted by atomic mass is 35.5. The van der Waals surface area contributed by atoms with Crippen LogP contribution in [0, 0.1) is 0 Å². The topological polar surface area (TPSA) is 67.4 Å². The van der Waals surface area contributed by atoms with E-state index in [1.807, 2.05) is 0 Å². The molecule has 0 unspecified atom stereocenters. The van der Waals surface area contributed by atoms with Crippen molar-refractivity contribution in [3.8, 4) is 0 Å². The van der Waals surface area contributed by atoms with Gasteiger partial charge in [-0.25, -0.2) is 0 Å². The number of hydrogen-bond donors (Lipinski definition) is 2. The molecule has 0 aromatic heterocycles. The van der Waals surface area contributed by atoms with Crippen LogP contribution in [-0.2, 0) is 14.3 Å². The minimum Gasteiger partial charge on any atom is -0.469 e. The molecule has 20 heavy (non-hydrogen) atoms. The molecular weight excluding hydrogens is 280 g/mol. The van der Waals surface area contributed by atoms with E-state index in [1.54, 1.807) is 31.3 Å². The van der Waals surface area contributed by atoms with E-state index >= 15 is 0 Å². The van der Waals surface area contributed by atoms with E-state index in [1.165, 1.54) is 7.11 Å². The van der Waals surface area contributed by atoms with Crippen molar-refractivity contribution >= 4 is 23.5 Å². The average molecular weight is 299 g/mol. The predicted molar refractivity (Wildman–Crippen MR) is 77.5 cm³/mol. The van der Waals surface area contributed by atoms with Gasteiger partial charge in [0.05, 0.1) is 19.6 Å². The maximum absolute atomic E-state index is 11.8. The first-order valence-electron chi connectivity index (χ1n) is 6.33. The number of carbonyl (C=O) groups is 2. The van der Waals surface area contributed by atoms with E-state index in [0.717, 1.165) is 5.56 Å². The van der Waals surface area contributed by atoms with Crippen LogP contribution in [0.1, 0.15) is 24.4 Å². The van der Waals surface area contributed by atoms with Crippen molar-refractivity contribution in [2.24, 2.45) is 0 Å². The van der Waals surface area contributed by atoms with Gasteiger partial charge in [0.25, 0.3) is 0 Å². The fraction of sp³-hybridized carbons (Fsp3) is 0.429. The van der Waals surface area contributed by atoms with Crippen molar-refractivity contribution in [1.82, 2.24) is 10.6 Å². The van der Waals surface area contributed by atoms with Crippen LogP contribution in [0.4, 0.5) is 0 Å². The van der Waals surface area contributed by atoms with E-state index in [0.29, 0.717) is 18.0 Å². The highest BCUT2D eigenvalue weighted by molar-refractivity contribution is 6.30. The first-order chi connectivity index (χ1) is 9.56. The summed E-state index contributed by atoms with van der Waals surface area (Å²) in [6, 6.07) is 6.61. The third-order valence-electron chi connectivity index (χ3n) is 2.81. The molecule has 0 fully saturated rings. The fourth-order valence-corrected chi connectivity index (χ4v) is 1.83. The van der Waals surface area contributed by atoms with Gasteiger partial charge in [0.15, 0.2) is 0 Å². The number of hydrogen-bond acceptors (Lipinski definition) is 4. The Morgan fingerprint density at radius 3 is 2.50 bits per heavy atom. The van der Waals surface area contributed by atoms with E-state index < -0.39 is 6.04 Å². The number of esters is 1. The quantitative estimate of drug-likeness (QED) is 0.752. The maximum atomic E-state index is 11.8. The molecule has 0 heterocycles. The largest absolute Gasteiger partial charge is 0.469 e. The standard InChI is InChI=1S/C14H19ClN2O3/c1-16-8-7-13(18)17-12(9-14(19)20-2)10-3-5-11(15)6-4-10/h3-6,12,16H,7-9H2,1-2H3,(H,17,18)/t12-/m0/s1. The SMILES string of the molecule is CNCCC(=O)N[C@@H](CC(=O)OC)c1ccc(Cl)cc1. The van der Waals surface area contributed by atoms with Gasteiger partial charge < -0.3 is 15.4 Å². The van der Waals surface area contributed by atoms with Crippen molar-refractivity contribution in [3.63, 3.8) is 0 Å². The molecule has 0 saturated carbocycles. The monoisotopic (exact) mass is 298 g/mol. The van der Waals surface area contributed by atoms with Crippen LogP contribution >= 0.6 is 11.6 Å². The lowest BCUT2D eigenvalue weighted by Crippen LogP contribution is -2.32. The number of rotatable bonds is 7. The molecule has 1 amide bonds. The Morgan fingerprint density at radius 1 is 1.30 bits per heavy atom. The predicted octanol–water partition coefficient (Wildman–Crippen LogP) is 1.67. The van der Waals surface area contributed by atoms with Crippen LogP contribution in [-0.4, -0.2) is 32.6 Å². The van der Waals surface area contributed by atoms with Crippen LogP contribution in [0.3, 0.4) is 0 Å². The number of ether oxygens (including phenoxy) is 1. The third kappa shape index (κ3) is 5.59. The summed E-state index contributed by atoms with van der Waals surface area (Å²) >= 11 is 5.84. The minimum atomic E-state index is -0.413. The molecule has 1 aromatic carbocycles. The Bertz CT molecular complexity index is 448. The molecule has 5 nitrogen and oxygen atoms in total. The molecular formula is C14H19ClN2O3. The zero-order valence-electron chi connectivity index (χ0n) is 11.6. The summed E-state index contributed by atoms with van der Waals surface area (Å²) in [6.07, 6.45) is 0.436. The molecule has 1 rings (SSSR count). The Labute approximate surface area is 123 Å². The Kier molecular flexibility index (Phi) is 7.04. The van der Waals surface area contributed by atoms with Crippen molar-refractivity contribution in [3.05, 3.63) is 34.9 Å². The van der Waals surface area contributed by atoms with Crippen LogP contribution in [0.5, 0.6) is 0 Å². The van der Waals surface area contributed by atoms with Gasteiger partial charge in [-0.2, -0.15) is 0 Å².